The largest absolute Gasteiger partial charge is 0.393 e. The zero-order valence-corrected chi connectivity index (χ0v) is 17.4. The molecule has 0 aromatic carbocycles. The molecule has 3 heteroatoms. The Bertz CT molecular complexity index is 536. The molecule has 0 bridgehead atoms. The van der Waals surface area contributed by atoms with E-state index in [1.54, 1.807) is 5.57 Å². The van der Waals surface area contributed by atoms with Crippen LogP contribution in [0.25, 0.3) is 0 Å². The lowest BCUT2D eigenvalue weighted by atomic mass is 9.69. The van der Waals surface area contributed by atoms with Crippen LogP contribution in [-0.2, 0) is 0 Å². The van der Waals surface area contributed by atoms with Crippen LogP contribution in [0, 0.1) is 11.3 Å². The molecule has 3 N–H and O–H groups in total. The van der Waals surface area contributed by atoms with Gasteiger partial charge in [-0.15, -0.1) is 0 Å². The second-order valence-electron chi connectivity index (χ2n) is 10.2. The lowest BCUT2D eigenvalue weighted by Crippen LogP contribution is -2.25. The molecule has 27 heavy (non-hydrogen) atoms. The van der Waals surface area contributed by atoms with Crippen LogP contribution < -0.4 is 0 Å². The van der Waals surface area contributed by atoms with Crippen molar-refractivity contribution in [3.8, 4) is 0 Å². The molecule has 154 valence electrons. The van der Waals surface area contributed by atoms with Gasteiger partial charge in [0.25, 0.3) is 0 Å². The first-order valence-corrected chi connectivity index (χ1v) is 11.3. The monoisotopic (exact) mass is 376 g/mol. The zero-order valence-electron chi connectivity index (χ0n) is 17.4. The summed E-state index contributed by atoms with van der Waals surface area (Å²) in [6.07, 6.45) is 18.2. The Morgan fingerprint density at radius 1 is 1.00 bits per heavy atom. The van der Waals surface area contributed by atoms with E-state index in [1.165, 1.54) is 56.9 Å². The third-order valence-electron chi connectivity index (χ3n) is 7.21. The fourth-order valence-electron chi connectivity index (χ4n) is 5.86. The third-order valence-corrected chi connectivity index (χ3v) is 7.21. The van der Waals surface area contributed by atoms with Gasteiger partial charge in [-0.25, -0.2) is 0 Å². The Hall–Kier alpha value is -0.640. The van der Waals surface area contributed by atoms with Crippen molar-refractivity contribution in [1.82, 2.24) is 0 Å². The predicted octanol–water partition coefficient (Wildman–Crippen LogP) is 5.05. The molecule has 3 aliphatic rings. The normalized spacial score (nSPS) is 33.0. The maximum Gasteiger partial charge on any atom is 0.0602 e. The quantitative estimate of drug-likeness (QED) is 0.629. The van der Waals surface area contributed by atoms with Crippen LogP contribution in [0.15, 0.2) is 23.3 Å². The van der Waals surface area contributed by atoms with E-state index >= 15 is 0 Å². The SMILES string of the molecule is CC(C)(O)CCC[C@@H]1CCC2(CCCCC2)C1=CC=C1C[C@@H](O)C[C@H](O)C1. The van der Waals surface area contributed by atoms with Crippen molar-refractivity contribution in [3.05, 3.63) is 23.3 Å². The highest BCUT2D eigenvalue weighted by molar-refractivity contribution is 5.30. The molecule has 3 rings (SSSR count). The summed E-state index contributed by atoms with van der Waals surface area (Å²) in [6, 6.07) is 0. The first kappa shape index (κ1) is 21.1. The van der Waals surface area contributed by atoms with Crippen molar-refractivity contribution in [2.24, 2.45) is 11.3 Å². The van der Waals surface area contributed by atoms with Crippen LogP contribution in [-0.4, -0.2) is 33.1 Å². The molecule has 0 amide bonds. The summed E-state index contributed by atoms with van der Waals surface area (Å²) < 4.78 is 0. The molecule has 0 heterocycles. The molecule has 0 radical (unpaired) electrons. The molecule has 0 unspecified atom stereocenters. The lowest BCUT2D eigenvalue weighted by Gasteiger charge is -2.36. The van der Waals surface area contributed by atoms with Crippen LogP contribution in [0.3, 0.4) is 0 Å². The van der Waals surface area contributed by atoms with E-state index in [2.05, 4.69) is 12.2 Å². The Morgan fingerprint density at radius 3 is 2.30 bits per heavy atom. The second-order valence-corrected chi connectivity index (χ2v) is 10.2. The fourth-order valence-corrected chi connectivity index (χ4v) is 5.86. The first-order chi connectivity index (χ1) is 12.8. The standard InChI is InChI=1S/C24H40O3/c1-23(2,27)11-6-7-19-10-14-24(12-4-3-5-13-24)22(19)9-8-18-15-20(25)17-21(26)16-18/h8-9,19-21,25-27H,3-7,10-17H2,1-2H3/t19-,20-,21-/m1/s1. The Morgan fingerprint density at radius 2 is 1.67 bits per heavy atom. The minimum atomic E-state index is -0.568. The van der Waals surface area contributed by atoms with Crippen molar-refractivity contribution in [1.29, 1.82) is 0 Å². The molecule has 3 atom stereocenters. The van der Waals surface area contributed by atoms with Crippen LogP contribution in [0.4, 0.5) is 0 Å². The topological polar surface area (TPSA) is 60.7 Å². The van der Waals surface area contributed by atoms with Crippen LogP contribution in [0.5, 0.6) is 0 Å². The zero-order chi connectivity index (χ0) is 19.5. The molecule has 3 saturated carbocycles. The minimum Gasteiger partial charge on any atom is -0.393 e. The summed E-state index contributed by atoms with van der Waals surface area (Å²) in [4.78, 5) is 0. The van der Waals surface area contributed by atoms with Gasteiger partial charge in [-0.2, -0.15) is 0 Å². The van der Waals surface area contributed by atoms with Gasteiger partial charge in [-0.3, -0.25) is 0 Å². The van der Waals surface area contributed by atoms with Crippen molar-refractivity contribution >= 4 is 0 Å². The molecule has 3 aliphatic carbocycles. The van der Waals surface area contributed by atoms with E-state index < -0.39 is 17.8 Å². The van der Waals surface area contributed by atoms with Gasteiger partial charge in [0.2, 0.25) is 0 Å². The maximum absolute atomic E-state index is 10.1. The summed E-state index contributed by atoms with van der Waals surface area (Å²) in [5, 5.41) is 30.0. The van der Waals surface area contributed by atoms with Crippen molar-refractivity contribution in [2.45, 2.75) is 115 Å². The Kier molecular flexibility index (Phi) is 6.87. The average molecular weight is 377 g/mol. The van der Waals surface area contributed by atoms with Crippen molar-refractivity contribution in [2.75, 3.05) is 0 Å². The molecule has 1 spiro atoms. The highest BCUT2D eigenvalue weighted by Gasteiger charge is 2.43. The van der Waals surface area contributed by atoms with E-state index in [4.69, 9.17) is 0 Å². The smallest absolute Gasteiger partial charge is 0.0602 e. The summed E-state index contributed by atoms with van der Waals surface area (Å²) in [6.45, 7) is 3.82. The lowest BCUT2D eigenvalue weighted by molar-refractivity contribution is 0.0609. The summed E-state index contributed by atoms with van der Waals surface area (Å²) in [5.41, 5.74) is 2.67. The Balaban J connectivity index is 1.75. The number of aliphatic hydroxyl groups excluding tert-OH is 2. The van der Waals surface area contributed by atoms with Crippen molar-refractivity contribution in [3.63, 3.8) is 0 Å². The number of hydrogen-bond donors (Lipinski definition) is 3. The van der Waals surface area contributed by atoms with Gasteiger partial charge < -0.3 is 15.3 Å². The molecular weight excluding hydrogens is 336 g/mol. The molecule has 3 fully saturated rings. The predicted molar refractivity (Wildman–Crippen MR) is 110 cm³/mol. The van der Waals surface area contributed by atoms with Gasteiger partial charge in [0.1, 0.15) is 0 Å². The molecule has 0 saturated heterocycles. The second kappa shape index (κ2) is 8.80. The average Bonchev–Trinajstić information content (AvgIpc) is 2.89. The highest BCUT2D eigenvalue weighted by Crippen LogP contribution is 2.56. The van der Waals surface area contributed by atoms with Gasteiger partial charge >= 0.3 is 0 Å². The van der Waals surface area contributed by atoms with Crippen LogP contribution in [0.1, 0.15) is 97.3 Å². The van der Waals surface area contributed by atoms with Crippen molar-refractivity contribution < 1.29 is 15.3 Å². The van der Waals surface area contributed by atoms with Gasteiger partial charge in [0.15, 0.2) is 0 Å². The number of allylic oxidation sites excluding steroid dienone is 3. The fraction of sp³-hybridized carbons (Fsp3) is 0.833. The third kappa shape index (κ3) is 5.68. The summed E-state index contributed by atoms with van der Waals surface area (Å²) in [5.74, 6) is 0.640. The first-order valence-electron chi connectivity index (χ1n) is 11.3. The van der Waals surface area contributed by atoms with Gasteiger partial charge in [0.05, 0.1) is 17.8 Å². The van der Waals surface area contributed by atoms with E-state index in [0.717, 1.165) is 12.8 Å². The van der Waals surface area contributed by atoms with Gasteiger partial charge in [-0.05, 0) is 83.0 Å². The number of rotatable bonds is 5. The Labute approximate surface area is 165 Å². The van der Waals surface area contributed by atoms with E-state index in [0.29, 0.717) is 30.6 Å². The molecule has 0 aromatic rings. The molecule has 0 aromatic heterocycles. The van der Waals surface area contributed by atoms with E-state index in [9.17, 15) is 15.3 Å². The van der Waals surface area contributed by atoms with Gasteiger partial charge in [-0.1, -0.05) is 49.0 Å². The number of aliphatic hydroxyl groups is 3. The molecular formula is C24H40O3. The van der Waals surface area contributed by atoms with Gasteiger partial charge in [0, 0.05) is 0 Å². The van der Waals surface area contributed by atoms with Crippen LogP contribution >= 0.6 is 0 Å². The van der Waals surface area contributed by atoms with E-state index in [-0.39, 0.29) is 0 Å². The number of hydrogen-bond acceptors (Lipinski definition) is 3. The molecule has 0 aliphatic heterocycles. The maximum atomic E-state index is 10.1. The summed E-state index contributed by atoms with van der Waals surface area (Å²) in [7, 11) is 0. The van der Waals surface area contributed by atoms with Crippen LogP contribution in [0.2, 0.25) is 0 Å². The molecule has 3 nitrogen and oxygen atoms in total. The summed E-state index contributed by atoms with van der Waals surface area (Å²) >= 11 is 0. The van der Waals surface area contributed by atoms with E-state index in [1.807, 2.05) is 13.8 Å². The highest BCUT2D eigenvalue weighted by atomic mass is 16.3. The minimum absolute atomic E-state index is 0.395.